The fraction of sp³-hybridized carbons (Fsp3) is 0.267. The van der Waals surface area contributed by atoms with E-state index in [1.54, 1.807) is 54.6 Å². The molecule has 4 rings (SSSR count). The zero-order valence-corrected chi connectivity index (χ0v) is 23.4. The second kappa shape index (κ2) is 14.7. The summed E-state index contributed by atoms with van der Waals surface area (Å²) in [5.41, 5.74) is 0.873. The number of hydrogen-bond donors (Lipinski definition) is 5. The van der Waals surface area contributed by atoms with Crippen molar-refractivity contribution in [2.45, 2.75) is 24.9 Å². The van der Waals surface area contributed by atoms with Gasteiger partial charge < -0.3 is 35.8 Å². The van der Waals surface area contributed by atoms with Crippen molar-refractivity contribution in [3.05, 3.63) is 88.9 Å². The summed E-state index contributed by atoms with van der Waals surface area (Å²) in [6.07, 6.45) is -0.301. The molecule has 11 nitrogen and oxygen atoms in total. The SMILES string of the molecule is O=C1C[C@@H](C(=O)NCCOc2ccc(Cl)cc2)NC(=O)c2ccccc2OCCNC(=O)[C@H](Cc2ccc(O)cc2)N1. The molecule has 0 bridgehead atoms. The van der Waals surface area contributed by atoms with Crippen LogP contribution in [0.1, 0.15) is 22.3 Å². The Morgan fingerprint density at radius 2 is 1.74 bits per heavy atom. The lowest BCUT2D eigenvalue weighted by molar-refractivity contribution is -0.131. The Kier molecular flexibility index (Phi) is 10.6. The molecule has 42 heavy (non-hydrogen) atoms. The molecule has 3 aromatic rings. The molecular weight excluding hydrogens is 564 g/mol. The number of phenols is 1. The molecule has 4 amide bonds. The van der Waals surface area contributed by atoms with Gasteiger partial charge in [-0.15, -0.1) is 0 Å². The van der Waals surface area contributed by atoms with E-state index in [-0.39, 0.29) is 49.8 Å². The van der Waals surface area contributed by atoms with Gasteiger partial charge in [-0.1, -0.05) is 35.9 Å². The first-order valence-electron chi connectivity index (χ1n) is 13.3. The van der Waals surface area contributed by atoms with Crippen LogP contribution in [0.15, 0.2) is 72.8 Å². The minimum Gasteiger partial charge on any atom is -0.508 e. The number of carbonyl (C=O) groups excluding carboxylic acids is 4. The fourth-order valence-corrected chi connectivity index (χ4v) is 4.32. The lowest BCUT2D eigenvalue weighted by Gasteiger charge is -2.23. The summed E-state index contributed by atoms with van der Waals surface area (Å²) in [6, 6.07) is 17.2. The van der Waals surface area contributed by atoms with Crippen LogP contribution in [0.3, 0.4) is 0 Å². The van der Waals surface area contributed by atoms with Gasteiger partial charge in [-0.2, -0.15) is 0 Å². The Morgan fingerprint density at radius 1 is 1.00 bits per heavy atom. The van der Waals surface area contributed by atoms with Crippen LogP contribution in [0.4, 0.5) is 0 Å². The Hall–Kier alpha value is -4.77. The Balaban J connectivity index is 1.49. The molecular formula is C30H31ClN4O7. The number of phenolic OH excluding ortho intramolecular Hbond substituents is 1. The molecule has 12 heteroatoms. The maximum Gasteiger partial charge on any atom is 0.255 e. The van der Waals surface area contributed by atoms with Crippen molar-refractivity contribution in [2.75, 3.05) is 26.3 Å². The summed E-state index contributed by atoms with van der Waals surface area (Å²) in [5.74, 6) is -1.38. The first kappa shape index (κ1) is 30.2. The summed E-state index contributed by atoms with van der Waals surface area (Å²) >= 11 is 5.88. The van der Waals surface area contributed by atoms with Gasteiger partial charge in [0.05, 0.1) is 25.1 Å². The highest BCUT2D eigenvalue weighted by molar-refractivity contribution is 6.30. The molecule has 0 aromatic heterocycles. The van der Waals surface area contributed by atoms with E-state index in [4.69, 9.17) is 21.1 Å². The molecule has 1 aliphatic heterocycles. The van der Waals surface area contributed by atoms with Crippen LogP contribution < -0.4 is 30.7 Å². The second-order valence-corrected chi connectivity index (χ2v) is 9.89. The largest absolute Gasteiger partial charge is 0.508 e. The van der Waals surface area contributed by atoms with E-state index in [2.05, 4.69) is 21.3 Å². The summed E-state index contributed by atoms with van der Waals surface area (Å²) in [5, 5.41) is 20.9. The number of halogens is 1. The normalized spacial score (nSPS) is 17.8. The van der Waals surface area contributed by atoms with E-state index in [1.165, 1.54) is 18.2 Å². The van der Waals surface area contributed by atoms with Gasteiger partial charge in [0, 0.05) is 11.4 Å². The lowest BCUT2D eigenvalue weighted by atomic mass is 10.0. The van der Waals surface area contributed by atoms with E-state index in [9.17, 15) is 24.3 Å². The van der Waals surface area contributed by atoms with Crippen LogP contribution >= 0.6 is 11.6 Å². The zero-order chi connectivity index (χ0) is 29.9. The average Bonchev–Trinajstić information content (AvgIpc) is 2.98. The number of amides is 4. The quantitative estimate of drug-likeness (QED) is 0.262. The van der Waals surface area contributed by atoms with Crippen LogP contribution in [0.5, 0.6) is 17.2 Å². The second-order valence-electron chi connectivity index (χ2n) is 9.45. The third kappa shape index (κ3) is 8.87. The summed E-state index contributed by atoms with van der Waals surface area (Å²) in [4.78, 5) is 52.5. The van der Waals surface area contributed by atoms with E-state index >= 15 is 0 Å². The Morgan fingerprint density at radius 3 is 2.50 bits per heavy atom. The zero-order valence-electron chi connectivity index (χ0n) is 22.6. The summed E-state index contributed by atoms with van der Waals surface area (Å²) in [7, 11) is 0. The number of para-hydroxylation sites is 1. The first-order valence-corrected chi connectivity index (χ1v) is 13.7. The van der Waals surface area contributed by atoms with E-state index in [0.717, 1.165) is 0 Å². The van der Waals surface area contributed by atoms with E-state index in [0.29, 0.717) is 16.3 Å². The number of aromatic hydroxyl groups is 1. The van der Waals surface area contributed by atoms with Crippen LogP contribution in [0.25, 0.3) is 0 Å². The van der Waals surface area contributed by atoms with Crippen molar-refractivity contribution in [1.29, 1.82) is 0 Å². The first-order chi connectivity index (χ1) is 20.3. The fourth-order valence-electron chi connectivity index (χ4n) is 4.20. The number of rotatable bonds is 7. The van der Waals surface area contributed by atoms with Gasteiger partial charge in [0.1, 0.15) is 42.5 Å². The minimum absolute atomic E-state index is 0.0629. The molecule has 0 saturated carbocycles. The minimum atomic E-state index is -1.26. The molecule has 220 valence electrons. The smallest absolute Gasteiger partial charge is 0.255 e. The van der Waals surface area contributed by atoms with Crippen LogP contribution in [-0.4, -0.2) is 67.1 Å². The molecule has 0 radical (unpaired) electrons. The molecule has 0 fully saturated rings. The molecule has 0 spiro atoms. The molecule has 3 aromatic carbocycles. The van der Waals surface area contributed by atoms with Crippen LogP contribution in [-0.2, 0) is 20.8 Å². The highest BCUT2D eigenvalue weighted by atomic mass is 35.5. The van der Waals surface area contributed by atoms with Gasteiger partial charge >= 0.3 is 0 Å². The molecule has 2 atom stereocenters. The van der Waals surface area contributed by atoms with Crippen molar-refractivity contribution in [1.82, 2.24) is 21.3 Å². The highest BCUT2D eigenvalue weighted by Crippen LogP contribution is 2.19. The number of benzene rings is 3. The maximum absolute atomic E-state index is 13.2. The van der Waals surface area contributed by atoms with Crippen molar-refractivity contribution < 1.29 is 33.8 Å². The maximum atomic E-state index is 13.2. The van der Waals surface area contributed by atoms with Gasteiger partial charge in [-0.3, -0.25) is 19.2 Å². The number of carbonyl (C=O) groups is 4. The number of hydrogen-bond acceptors (Lipinski definition) is 7. The predicted octanol–water partition coefficient (Wildman–Crippen LogP) is 1.97. The molecule has 0 saturated heterocycles. The predicted molar refractivity (Wildman–Crippen MR) is 155 cm³/mol. The molecule has 5 N–H and O–H groups in total. The highest BCUT2D eigenvalue weighted by Gasteiger charge is 2.28. The summed E-state index contributed by atoms with van der Waals surface area (Å²) in [6.45, 7) is 0.417. The number of ether oxygens (including phenoxy) is 2. The van der Waals surface area contributed by atoms with Crippen molar-refractivity contribution >= 4 is 35.2 Å². The number of nitrogens with one attached hydrogen (secondary N) is 4. The lowest BCUT2D eigenvalue weighted by Crippen LogP contribution is -2.53. The van der Waals surface area contributed by atoms with E-state index in [1.807, 2.05) is 0 Å². The average molecular weight is 595 g/mol. The van der Waals surface area contributed by atoms with Crippen molar-refractivity contribution in [2.24, 2.45) is 0 Å². The van der Waals surface area contributed by atoms with Crippen molar-refractivity contribution in [3.63, 3.8) is 0 Å². The van der Waals surface area contributed by atoms with Gasteiger partial charge in [0.2, 0.25) is 17.7 Å². The van der Waals surface area contributed by atoms with Gasteiger partial charge in [0.15, 0.2) is 0 Å². The third-order valence-corrected chi connectivity index (χ3v) is 6.57. The molecule has 1 aliphatic rings. The van der Waals surface area contributed by atoms with E-state index < -0.39 is 42.1 Å². The Labute approximate surface area is 247 Å². The standard InChI is InChI=1S/C30H31ClN4O7/c31-20-7-11-22(12-8-20)41-15-13-32-30(40)25-18-27(37)34-24(17-19-5-9-21(36)10-6-19)29(39)33-14-16-42-26-4-2-1-3-23(26)28(38)35-25/h1-12,24-25,36H,13-18H2,(H,32,40)(H,33,39)(H,34,37)(H,35,38)/t24-,25-/m0/s1. The topological polar surface area (TPSA) is 155 Å². The van der Waals surface area contributed by atoms with Crippen molar-refractivity contribution in [3.8, 4) is 17.2 Å². The Bertz CT molecular complexity index is 1400. The van der Waals surface area contributed by atoms with Gasteiger partial charge in [0.25, 0.3) is 5.91 Å². The third-order valence-electron chi connectivity index (χ3n) is 6.31. The molecule has 1 heterocycles. The molecule has 0 unspecified atom stereocenters. The van der Waals surface area contributed by atoms with Gasteiger partial charge in [-0.25, -0.2) is 0 Å². The summed E-state index contributed by atoms with van der Waals surface area (Å²) < 4.78 is 11.3. The monoisotopic (exact) mass is 594 g/mol. The van der Waals surface area contributed by atoms with Gasteiger partial charge in [-0.05, 0) is 54.1 Å². The molecule has 0 aliphatic carbocycles. The van der Waals surface area contributed by atoms with Crippen LogP contribution in [0.2, 0.25) is 5.02 Å². The number of fused-ring (bicyclic) bond motifs is 1. The van der Waals surface area contributed by atoms with Crippen LogP contribution in [0, 0.1) is 0 Å².